The van der Waals surface area contributed by atoms with E-state index in [9.17, 15) is 14.7 Å². The number of carbonyl (C=O) groups is 1. The average Bonchev–Trinajstić information content (AvgIpc) is 3.21. The Morgan fingerprint density at radius 3 is 2.71 bits per heavy atom. The van der Waals surface area contributed by atoms with Crippen LogP contribution < -0.4 is 15.9 Å². The highest BCUT2D eigenvalue weighted by atomic mass is 19.1. The summed E-state index contributed by atoms with van der Waals surface area (Å²) in [5, 5.41) is 11.2. The van der Waals surface area contributed by atoms with Crippen LogP contribution in [0.15, 0.2) is 59.7 Å². The number of halogens is 1. The number of ether oxygens (including phenoxy) is 1. The molecule has 1 unspecified atom stereocenters. The molecule has 1 saturated heterocycles. The fourth-order valence-electron chi connectivity index (χ4n) is 4.73. The molecule has 0 bridgehead atoms. The van der Waals surface area contributed by atoms with Crippen molar-refractivity contribution in [1.82, 2.24) is 14.6 Å². The summed E-state index contributed by atoms with van der Waals surface area (Å²) in [6, 6.07) is 12.6. The zero-order valence-corrected chi connectivity index (χ0v) is 18.4. The third-order valence-corrected chi connectivity index (χ3v) is 6.44. The van der Waals surface area contributed by atoms with E-state index in [4.69, 9.17) is 4.74 Å². The molecule has 4 aromatic rings. The predicted octanol–water partition coefficient (Wildman–Crippen LogP) is 2.36. The number of phenolic OH excluding ortho intramolecular Hbond substituents is 1. The Balaban J connectivity index is 1.47. The Morgan fingerprint density at radius 1 is 1.06 bits per heavy atom. The maximum atomic E-state index is 15.2. The second-order valence-electron chi connectivity index (χ2n) is 8.45. The summed E-state index contributed by atoms with van der Waals surface area (Å²) in [6.45, 7) is 2.85. The molecule has 1 fully saturated rings. The zero-order valence-electron chi connectivity index (χ0n) is 18.4. The molecule has 0 aliphatic carbocycles. The number of pyridine rings is 1. The van der Waals surface area contributed by atoms with Crippen LogP contribution in [0.25, 0.3) is 22.2 Å². The second-order valence-corrected chi connectivity index (χ2v) is 8.45. The van der Waals surface area contributed by atoms with Gasteiger partial charge in [0.15, 0.2) is 0 Å². The Bertz CT molecular complexity index is 1550. The Labute approximate surface area is 198 Å². The maximum absolute atomic E-state index is 15.2. The van der Waals surface area contributed by atoms with Gasteiger partial charge in [-0.2, -0.15) is 0 Å². The first-order chi connectivity index (χ1) is 17.0. The van der Waals surface area contributed by atoms with Gasteiger partial charge in [-0.3, -0.25) is 15.0 Å². The average molecular weight is 473 g/mol. The lowest BCUT2D eigenvalue weighted by molar-refractivity contribution is -0.116. The lowest BCUT2D eigenvalue weighted by Crippen LogP contribution is -2.36. The molecular formula is C25H20FN5O4. The number of nitrogens with one attached hydrogen (secondary N) is 1. The van der Waals surface area contributed by atoms with E-state index < -0.39 is 23.2 Å². The summed E-state index contributed by atoms with van der Waals surface area (Å²) in [5.41, 5.74) is 4.72. The van der Waals surface area contributed by atoms with Gasteiger partial charge in [0, 0.05) is 47.4 Å². The molecule has 1 atom stereocenters. The number of aromatic hydroxyl groups is 1. The second kappa shape index (κ2) is 8.17. The first-order valence-corrected chi connectivity index (χ1v) is 11.1. The molecular weight excluding hydrogens is 453 g/mol. The summed E-state index contributed by atoms with van der Waals surface area (Å²) in [7, 11) is 0. The van der Waals surface area contributed by atoms with Crippen LogP contribution in [0.1, 0.15) is 17.2 Å². The van der Waals surface area contributed by atoms with Gasteiger partial charge in [-0.25, -0.2) is 19.0 Å². The van der Waals surface area contributed by atoms with E-state index in [1.165, 1.54) is 24.5 Å². The summed E-state index contributed by atoms with van der Waals surface area (Å²) in [5.74, 6) is -2.55. The molecule has 9 nitrogen and oxygen atoms in total. The fourth-order valence-corrected chi connectivity index (χ4v) is 4.73. The minimum Gasteiger partial charge on any atom is -0.508 e. The number of carbonyl (C=O) groups excluding carboxylic acids is 1. The number of rotatable bonds is 3. The quantitative estimate of drug-likeness (QED) is 0.470. The van der Waals surface area contributed by atoms with E-state index in [2.05, 4.69) is 20.3 Å². The normalized spacial score (nSPS) is 17.5. The highest BCUT2D eigenvalue weighted by Gasteiger charge is 2.35. The number of phenols is 1. The fraction of sp³-hybridized carbons (Fsp3) is 0.200. The predicted molar refractivity (Wildman–Crippen MR) is 127 cm³/mol. The van der Waals surface area contributed by atoms with Gasteiger partial charge in [-0.15, -0.1) is 0 Å². The largest absolute Gasteiger partial charge is 0.508 e. The van der Waals surface area contributed by atoms with Gasteiger partial charge < -0.3 is 14.7 Å². The van der Waals surface area contributed by atoms with Crippen molar-refractivity contribution in [2.75, 3.05) is 36.6 Å². The maximum Gasteiger partial charge on any atom is 0.269 e. The molecule has 10 heteroatoms. The van der Waals surface area contributed by atoms with Crippen LogP contribution in [0.2, 0.25) is 0 Å². The van der Waals surface area contributed by atoms with Crippen molar-refractivity contribution >= 4 is 22.5 Å². The zero-order chi connectivity index (χ0) is 24.1. The summed E-state index contributed by atoms with van der Waals surface area (Å²) in [6.07, 6.45) is 1.36. The van der Waals surface area contributed by atoms with Crippen molar-refractivity contribution in [2.45, 2.75) is 5.92 Å². The number of fused-ring (bicyclic) bond motifs is 2. The number of nitrogens with zero attached hydrogens (tertiary/aromatic N) is 4. The Morgan fingerprint density at radius 2 is 1.89 bits per heavy atom. The number of aromatic nitrogens is 3. The van der Waals surface area contributed by atoms with Gasteiger partial charge in [0.25, 0.3) is 11.5 Å². The lowest BCUT2D eigenvalue weighted by Gasteiger charge is -2.29. The minimum atomic E-state index is -0.982. The van der Waals surface area contributed by atoms with E-state index in [0.717, 1.165) is 29.5 Å². The molecule has 4 heterocycles. The molecule has 2 aliphatic heterocycles. The lowest BCUT2D eigenvalue weighted by atomic mass is 9.91. The number of benzene rings is 2. The van der Waals surface area contributed by atoms with E-state index >= 15 is 4.39 Å². The number of morpholine rings is 1. The third kappa shape index (κ3) is 3.50. The monoisotopic (exact) mass is 473 g/mol. The van der Waals surface area contributed by atoms with Crippen LogP contribution in [-0.4, -0.2) is 52.0 Å². The van der Waals surface area contributed by atoms with Crippen LogP contribution in [0.3, 0.4) is 0 Å². The third-order valence-electron chi connectivity index (χ3n) is 6.44. The van der Waals surface area contributed by atoms with Crippen molar-refractivity contribution in [3.63, 3.8) is 0 Å². The molecule has 35 heavy (non-hydrogen) atoms. The Hall–Kier alpha value is -4.31. The van der Waals surface area contributed by atoms with Gasteiger partial charge in [-0.1, -0.05) is 6.07 Å². The SMILES string of the molecule is O=C1Nn2c(cccc2=O)C1c1cc(-c2ncnc3cc(N4CCOCC4)ccc23)c(F)cc1O. The van der Waals surface area contributed by atoms with Crippen LogP contribution >= 0.6 is 0 Å². The highest BCUT2D eigenvalue weighted by molar-refractivity contribution is 5.98. The smallest absolute Gasteiger partial charge is 0.269 e. The number of anilines is 1. The van der Waals surface area contributed by atoms with Crippen LogP contribution in [0.4, 0.5) is 10.1 Å². The first-order valence-electron chi connectivity index (χ1n) is 11.1. The van der Waals surface area contributed by atoms with E-state index in [0.29, 0.717) is 35.5 Å². The van der Waals surface area contributed by atoms with E-state index in [1.807, 2.05) is 18.2 Å². The first kappa shape index (κ1) is 21.2. The number of hydrogen-bond acceptors (Lipinski definition) is 7. The van der Waals surface area contributed by atoms with Gasteiger partial charge in [-0.05, 0) is 30.3 Å². The molecule has 0 saturated carbocycles. The standard InChI is InChI=1S/C25H20FN5O4/c26-18-12-21(32)17(23-20-2-1-3-22(33)31(20)29-25(23)34)11-16(18)24-15-5-4-14(10-19(15)27-13-28-24)30-6-8-35-9-7-30/h1-5,10-13,23,32H,6-9H2,(H,29,34). The number of hydrogen-bond donors (Lipinski definition) is 2. The highest BCUT2D eigenvalue weighted by Crippen LogP contribution is 2.39. The summed E-state index contributed by atoms with van der Waals surface area (Å²) < 4.78 is 21.7. The molecule has 0 radical (unpaired) electrons. The summed E-state index contributed by atoms with van der Waals surface area (Å²) in [4.78, 5) is 35.8. The van der Waals surface area contributed by atoms with Gasteiger partial charge >= 0.3 is 0 Å². The molecule has 0 spiro atoms. The molecule has 2 N–H and O–H groups in total. The summed E-state index contributed by atoms with van der Waals surface area (Å²) >= 11 is 0. The molecule has 1 amide bonds. The topological polar surface area (TPSA) is 110 Å². The molecule has 2 aliphatic rings. The van der Waals surface area contributed by atoms with Gasteiger partial charge in [0.2, 0.25) is 0 Å². The van der Waals surface area contributed by atoms with Crippen molar-refractivity contribution in [3.8, 4) is 17.0 Å². The van der Waals surface area contributed by atoms with Crippen LogP contribution in [0, 0.1) is 5.82 Å². The van der Waals surface area contributed by atoms with Crippen LogP contribution in [-0.2, 0) is 9.53 Å². The molecule has 176 valence electrons. The Kier molecular flexibility index (Phi) is 4.96. The molecule has 2 aromatic heterocycles. The minimum absolute atomic E-state index is 0.119. The molecule has 6 rings (SSSR count). The van der Waals surface area contributed by atoms with E-state index in [-0.39, 0.29) is 16.9 Å². The number of amides is 1. The van der Waals surface area contributed by atoms with Gasteiger partial charge in [0.1, 0.15) is 23.8 Å². The van der Waals surface area contributed by atoms with E-state index in [1.54, 1.807) is 6.07 Å². The molecule has 2 aromatic carbocycles. The van der Waals surface area contributed by atoms with Crippen molar-refractivity contribution in [3.05, 3.63) is 82.3 Å². The van der Waals surface area contributed by atoms with Gasteiger partial charge in [0.05, 0.1) is 30.1 Å². The van der Waals surface area contributed by atoms with Crippen molar-refractivity contribution in [1.29, 1.82) is 0 Å². The van der Waals surface area contributed by atoms with Crippen molar-refractivity contribution < 1.29 is 19.0 Å². The van der Waals surface area contributed by atoms with Crippen molar-refractivity contribution in [2.24, 2.45) is 0 Å². The van der Waals surface area contributed by atoms with Crippen LogP contribution in [0.5, 0.6) is 5.75 Å².